The summed E-state index contributed by atoms with van der Waals surface area (Å²) in [5.74, 6) is 0.991. The van der Waals surface area contributed by atoms with Gasteiger partial charge in [0.1, 0.15) is 0 Å². The van der Waals surface area contributed by atoms with Gasteiger partial charge in [0.05, 0.1) is 11.3 Å². The van der Waals surface area contributed by atoms with Gasteiger partial charge in [-0.25, -0.2) is 4.98 Å². The SMILES string of the molecule is Cc1cn(C2CCOC(C)(C)C2)c(NC(C)C)n1. The molecule has 1 atom stereocenters. The smallest absolute Gasteiger partial charge is 0.203 e. The van der Waals surface area contributed by atoms with E-state index >= 15 is 0 Å². The van der Waals surface area contributed by atoms with Gasteiger partial charge in [0.2, 0.25) is 5.95 Å². The molecule has 0 bridgehead atoms. The third-order valence-corrected chi connectivity index (χ3v) is 3.33. The van der Waals surface area contributed by atoms with Crippen LogP contribution in [0.15, 0.2) is 6.20 Å². The molecule has 2 heterocycles. The maximum atomic E-state index is 5.79. The van der Waals surface area contributed by atoms with Gasteiger partial charge in [0, 0.05) is 24.9 Å². The van der Waals surface area contributed by atoms with Gasteiger partial charge in [-0.1, -0.05) is 0 Å². The van der Waals surface area contributed by atoms with Gasteiger partial charge in [-0.3, -0.25) is 0 Å². The first-order valence-electron chi connectivity index (χ1n) is 6.83. The molecular formula is C14H25N3O. The van der Waals surface area contributed by atoms with Gasteiger partial charge in [0.25, 0.3) is 0 Å². The Morgan fingerprint density at radius 1 is 1.50 bits per heavy atom. The Bertz CT molecular complexity index is 409. The summed E-state index contributed by atoms with van der Waals surface area (Å²) in [6.07, 6.45) is 4.25. The molecule has 4 nitrogen and oxygen atoms in total. The summed E-state index contributed by atoms with van der Waals surface area (Å²) in [7, 11) is 0. The first kappa shape index (κ1) is 13.4. The van der Waals surface area contributed by atoms with Crippen molar-refractivity contribution in [1.29, 1.82) is 0 Å². The van der Waals surface area contributed by atoms with E-state index in [1.54, 1.807) is 0 Å². The molecule has 1 saturated heterocycles. The quantitative estimate of drug-likeness (QED) is 0.897. The van der Waals surface area contributed by atoms with Crippen molar-refractivity contribution in [2.45, 2.75) is 65.1 Å². The maximum absolute atomic E-state index is 5.79. The van der Waals surface area contributed by atoms with Gasteiger partial charge < -0.3 is 14.6 Å². The van der Waals surface area contributed by atoms with E-state index in [0.29, 0.717) is 12.1 Å². The van der Waals surface area contributed by atoms with Gasteiger partial charge in [-0.05, 0) is 47.5 Å². The van der Waals surface area contributed by atoms with Crippen LogP contribution in [0, 0.1) is 6.92 Å². The molecule has 4 heteroatoms. The lowest BCUT2D eigenvalue weighted by Crippen LogP contribution is -2.35. The highest BCUT2D eigenvalue weighted by atomic mass is 16.5. The summed E-state index contributed by atoms with van der Waals surface area (Å²) >= 11 is 0. The Labute approximate surface area is 110 Å². The lowest BCUT2D eigenvalue weighted by atomic mass is 9.94. The number of hydrogen-bond acceptors (Lipinski definition) is 3. The standard InChI is InChI=1S/C14H25N3O/c1-10(2)15-13-16-11(3)9-17(13)12-6-7-18-14(4,5)8-12/h9-10,12H,6-8H2,1-5H3,(H,15,16). The first-order valence-corrected chi connectivity index (χ1v) is 6.83. The predicted octanol–water partition coefficient (Wildman–Crippen LogP) is 3.14. The van der Waals surface area contributed by atoms with Crippen molar-refractivity contribution in [3.8, 4) is 0 Å². The van der Waals surface area contributed by atoms with Crippen LogP contribution >= 0.6 is 0 Å². The third kappa shape index (κ3) is 3.05. The van der Waals surface area contributed by atoms with Crippen LogP contribution in [-0.2, 0) is 4.74 Å². The van der Waals surface area contributed by atoms with Crippen LogP contribution < -0.4 is 5.32 Å². The molecule has 1 aliphatic heterocycles. The summed E-state index contributed by atoms with van der Waals surface area (Å²) in [4.78, 5) is 4.58. The highest BCUT2D eigenvalue weighted by Gasteiger charge is 2.31. The van der Waals surface area contributed by atoms with Gasteiger partial charge in [0.15, 0.2) is 0 Å². The normalized spacial score (nSPS) is 23.3. The molecule has 1 fully saturated rings. The minimum atomic E-state index is -0.0316. The molecular weight excluding hydrogens is 226 g/mol. The van der Waals surface area contributed by atoms with E-state index in [0.717, 1.165) is 31.1 Å². The number of hydrogen-bond donors (Lipinski definition) is 1. The summed E-state index contributed by atoms with van der Waals surface area (Å²) in [5.41, 5.74) is 1.04. The van der Waals surface area contributed by atoms with Crippen molar-refractivity contribution >= 4 is 5.95 Å². The fourth-order valence-corrected chi connectivity index (χ4v) is 2.60. The molecule has 0 amide bonds. The highest BCUT2D eigenvalue weighted by Crippen LogP contribution is 2.34. The molecule has 1 aromatic rings. The zero-order valence-electron chi connectivity index (χ0n) is 12.2. The van der Waals surface area contributed by atoms with Crippen molar-refractivity contribution in [2.75, 3.05) is 11.9 Å². The monoisotopic (exact) mass is 251 g/mol. The molecule has 18 heavy (non-hydrogen) atoms. The van der Waals surface area contributed by atoms with Crippen molar-refractivity contribution in [2.24, 2.45) is 0 Å². The Kier molecular flexibility index (Phi) is 3.66. The van der Waals surface area contributed by atoms with Crippen molar-refractivity contribution in [3.63, 3.8) is 0 Å². The minimum Gasteiger partial charge on any atom is -0.375 e. The number of nitrogens with zero attached hydrogens (tertiary/aromatic N) is 2. The van der Waals surface area contributed by atoms with E-state index in [-0.39, 0.29) is 5.60 Å². The van der Waals surface area contributed by atoms with Crippen LogP contribution in [0.3, 0.4) is 0 Å². The molecule has 2 rings (SSSR count). The van der Waals surface area contributed by atoms with E-state index in [4.69, 9.17) is 4.74 Å². The molecule has 1 unspecified atom stereocenters. The van der Waals surface area contributed by atoms with E-state index in [2.05, 4.69) is 48.8 Å². The predicted molar refractivity (Wildman–Crippen MR) is 74.0 cm³/mol. The summed E-state index contributed by atoms with van der Waals surface area (Å²) in [6.45, 7) is 11.5. The second-order valence-corrected chi connectivity index (χ2v) is 6.17. The zero-order chi connectivity index (χ0) is 13.3. The Morgan fingerprint density at radius 3 is 2.83 bits per heavy atom. The molecule has 1 N–H and O–H groups in total. The van der Waals surface area contributed by atoms with Crippen LogP contribution in [-0.4, -0.2) is 27.8 Å². The average Bonchev–Trinajstić information content (AvgIpc) is 2.57. The van der Waals surface area contributed by atoms with Gasteiger partial charge in [-0.15, -0.1) is 0 Å². The van der Waals surface area contributed by atoms with Crippen molar-refractivity contribution < 1.29 is 4.74 Å². The molecule has 102 valence electrons. The number of nitrogens with one attached hydrogen (secondary N) is 1. The molecule has 1 aromatic heterocycles. The van der Waals surface area contributed by atoms with Gasteiger partial charge in [-0.2, -0.15) is 0 Å². The zero-order valence-corrected chi connectivity index (χ0v) is 12.2. The highest BCUT2D eigenvalue weighted by molar-refractivity contribution is 5.30. The largest absolute Gasteiger partial charge is 0.375 e. The van der Waals surface area contributed by atoms with Crippen LogP contribution in [0.2, 0.25) is 0 Å². The fraction of sp³-hybridized carbons (Fsp3) is 0.786. The van der Waals surface area contributed by atoms with Crippen LogP contribution in [0.5, 0.6) is 0 Å². The number of aromatic nitrogens is 2. The fourth-order valence-electron chi connectivity index (χ4n) is 2.60. The molecule has 1 aliphatic rings. The van der Waals surface area contributed by atoms with Crippen molar-refractivity contribution in [3.05, 3.63) is 11.9 Å². The number of imidazole rings is 1. The molecule has 0 aromatic carbocycles. The summed E-state index contributed by atoms with van der Waals surface area (Å²) < 4.78 is 8.08. The first-order chi connectivity index (χ1) is 8.37. The Balaban J connectivity index is 2.21. The topological polar surface area (TPSA) is 39.1 Å². The number of rotatable bonds is 3. The van der Waals surface area contributed by atoms with E-state index < -0.39 is 0 Å². The van der Waals surface area contributed by atoms with Crippen LogP contribution in [0.25, 0.3) is 0 Å². The van der Waals surface area contributed by atoms with E-state index in [1.165, 1.54) is 0 Å². The lowest BCUT2D eigenvalue weighted by molar-refractivity contribution is -0.0688. The molecule has 0 spiro atoms. The van der Waals surface area contributed by atoms with E-state index in [1.807, 2.05) is 6.92 Å². The average molecular weight is 251 g/mol. The minimum absolute atomic E-state index is 0.0316. The molecule has 0 saturated carbocycles. The van der Waals surface area contributed by atoms with Gasteiger partial charge >= 0.3 is 0 Å². The summed E-state index contributed by atoms with van der Waals surface area (Å²) in [5, 5.41) is 3.43. The number of anilines is 1. The summed E-state index contributed by atoms with van der Waals surface area (Å²) in [6, 6.07) is 0.884. The number of aryl methyl sites for hydroxylation is 1. The van der Waals surface area contributed by atoms with Crippen LogP contribution in [0.1, 0.15) is 52.3 Å². The molecule has 0 aliphatic carbocycles. The second-order valence-electron chi connectivity index (χ2n) is 6.17. The number of ether oxygens (including phenoxy) is 1. The van der Waals surface area contributed by atoms with E-state index in [9.17, 15) is 0 Å². The second kappa shape index (κ2) is 4.92. The van der Waals surface area contributed by atoms with Crippen LogP contribution in [0.4, 0.5) is 5.95 Å². The molecule has 0 radical (unpaired) electrons. The Hall–Kier alpha value is -1.03. The third-order valence-electron chi connectivity index (χ3n) is 3.33. The Morgan fingerprint density at radius 2 is 2.22 bits per heavy atom. The van der Waals surface area contributed by atoms with Crippen molar-refractivity contribution in [1.82, 2.24) is 9.55 Å². The maximum Gasteiger partial charge on any atom is 0.203 e. The lowest BCUT2D eigenvalue weighted by Gasteiger charge is -2.36.